The summed E-state index contributed by atoms with van der Waals surface area (Å²) in [5.74, 6) is 0.587. The number of benzene rings is 1. The van der Waals surface area contributed by atoms with Crippen LogP contribution >= 0.6 is 0 Å². The van der Waals surface area contributed by atoms with E-state index >= 15 is 0 Å². The summed E-state index contributed by atoms with van der Waals surface area (Å²) >= 11 is 0. The summed E-state index contributed by atoms with van der Waals surface area (Å²) in [6, 6.07) is 6.97. The predicted molar refractivity (Wildman–Crippen MR) is 111 cm³/mol. The molecule has 0 aromatic heterocycles. The van der Waals surface area contributed by atoms with Crippen LogP contribution in [0.1, 0.15) is 46.5 Å². The molecule has 0 saturated heterocycles. The fourth-order valence-corrected chi connectivity index (χ4v) is 3.70. The Morgan fingerprint density at radius 2 is 1.74 bits per heavy atom. The van der Waals surface area contributed by atoms with Gasteiger partial charge < -0.3 is 20.9 Å². The van der Waals surface area contributed by atoms with E-state index in [2.05, 4.69) is 41.9 Å². The summed E-state index contributed by atoms with van der Waals surface area (Å²) in [6.07, 6.45) is 4.67. The van der Waals surface area contributed by atoms with Crippen LogP contribution in [-0.4, -0.2) is 43.0 Å². The number of nitrogens with one attached hydrogen (secondary N) is 3. The molecule has 3 N–H and O–H groups in total. The third-order valence-electron chi connectivity index (χ3n) is 5.53. The van der Waals surface area contributed by atoms with E-state index in [0.717, 1.165) is 18.5 Å². The molecule has 0 aliphatic heterocycles. The molecule has 1 aliphatic carbocycles. The molecule has 0 heterocycles. The van der Waals surface area contributed by atoms with Gasteiger partial charge in [0.1, 0.15) is 0 Å². The second kappa shape index (κ2) is 9.22. The van der Waals surface area contributed by atoms with Crippen LogP contribution in [-0.2, 0) is 4.79 Å². The summed E-state index contributed by atoms with van der Waals surface area (Å²) in [5.41, 5.74) is 1.45. The van der Waals surface area contributed by atoms with E-state index in [1.165, 1.54) is 12.8 Å². The van der Waals surface area contributed by atoms with E-state index in [4.69, 9.17) is 0 Å². The summed E-state index contributed by atoms with van der Waals surface area (Å²) in [7, 11) is 4.20. The van der Waals surface area contributed by atoms with Gasteiger partial charge in [0, 0.05) is 29.4 Å². The first-order chi connectivity index (χ1) is 12.7. The Morgan fingerprint density at radius 3 is 2.26 bits per heavy atom. The number of carbonyl (C=O) groups excluding carboxylic acids is 2. The molecule has 0 unspecified atom stereocenters. The molecule has 2 atom stereocenters. The highest BCUT2D eigenvalue weighted by molar-refractivity contribution is 5.93. The Labute approximate surface area is 163 Å². The number of rotatable bonds is 6. The largest absolute Gasteiger partial charge is 0.336 e. The van der Waals surface area contributed by atoms with Crippen LogP contribution in [0.15, 0.2) is 24.3 Å². The van der Waals surface area contributed by atoms with E-state index in [9.17, 15) is 9.59 Å². The molecule has 1 fully saturated rings. The van der Waals surface area contributed by atoms with Crippen molar-refractivity contribution in [2.24, 2.45) is 11.8 Å². The molecular weight excluding hydrogens is 340 g/mol. The molecule has 150 valence electrons. The summed E-state index contributed by atoms with van der Waals surface area (Å²) in [5, 5.41) is 8.75. The molecule has 3 amide bonds. The van der Waals surface area contributed by atoms with Gasteiger partial charge in [-0.05, 0) is 57.1 Å². The molecule has 6 nitrogen and oxygen atoms in total. The number of carbonyl (C=O) groups is 2. The highest BCUT2D eigenvalue weighted by atomic mass is 16.2. The Balaban J connectivity index is 1.88. The molecule has 0 radical (unpaired) electrons. The topological polar surface area (TPSA) is 73.5 Å². The minimum Gasteiger partial charge on any atom is -0.336 e. The van der Waals surface area contributed by atoms with Crippen LogP contribution in [0.2, 0.25) is 0 Å². The van der Waals surface area contributed by atoms with Gasteiger partial charge in [0.15, 0.2) is 0 Å². The fraction of sp³-hybridized carbons (Fsp3) is 0.619. The first kappa shape index (κ1) is 21.2. The third-order valence-corrected chi connectivity index (χ3v) is 5.53. The maximum atomic E-state index is 12.3. The lowest BCUT2D eigenvalue weighted by Crippen LogP contribution is -2.55. The van der Waals surface area contributed by atoms with Crippen LogP contribution < -0.4 is 16.0 Å². The van der Waals surface area contributed by atoms with Crippen LogP contribution in [0.3, 0.4) is 0 Å². The van der Waals surface area contributed by atoms with E-state index < -0.39 is 0 Å². The first-order valence-corrected chi connectivity index (χ1v) is 9.85. The first-order valence-electron chi connectivity index (χ1n) is 9.85. The van der Waals surface area contributed by atoms with Crippen molar-refractivity contribution >= 4 is 23.3 Å². The second-order valence-electron chi connectivity index (χ2n) is 8.35. The van der Waals surface area contributed by atoms with Gasteiger partial charge in [-0.25, -0.2) is 4.79 Å². The highest BCUT2D eigenvalue weighted by Gasteiger charge is 2.37. The lowest BCUT2D eigenvalue weighted by Gasteiger charge is -2.45. The number of urea groups is 1. The van der Waals surface area contributed by atoms with Crippen molar-refractivity contribution < 1.29 is 9.59 Å². The SMILES string of the molecule is CC(C)C(=O)Nc1ccc(NC(=O)NC[C@]2(N(C)C)CCC[C@@H](C)C2)cc1. The number of nitrogens with zero attached hydrogens (tertiary/aromatic N) is 1. The molecule has 1 aliphatic rings. The van der Waals surface area contributed by atoms with Crippen LogP contribution in [0, 0.1) is 11.8 Å². The van der Waals surface area contributed by atoms with Crippen molar-refractivity contribution in [2.45, 2.75) is 52.0 Å². The quantitative estimate of drug-likeness (QED) is 0.707. The number of anilines is 2. The average Bonchev–Trinajstić information content (AvgIpc) is 2.61. The van der Waals surface area contributed by atoms with Crippen molar-refractivity contribution in [3.63, 3.8) is 0 Å². The molecule has 0 bridgehead atoms. The molecule has 1 aromatic carbocycles. The molecular formula is C21H34N4O2. The summed E-state index contributed by atoms with van der Waals surface area (Å²) in [6.45, 7) is 6.63. The standard InChI is InChI=1S/C21H34N4O2/c1-15(2)19(26)23-17-8-10-18(11-9-17)24-20(27)22-14-21(25(4)5)12-6-7-16(3)13-21/h8-11,15-16H,6-7,12-14H2,1-5H3,(H,23,26)(H2,22,24,27)/t16-,21+/m1/s1. The van der Waals surface area contributed by atoms with Gasteiger partial charge in [0.2, 0.25) is 5.91 Å². The van der Waals surface area contributed by atoms with E-state index in [1.807, 2.05) is 13.8 Å². The number of hydrogen-bond donors (Lipinski definition) is 3. The Kier molecular flexibility index (Phi) is 7.25. The normalized spacial score (nSPS) is 22.6. The zero-order valence-electron chi connectivity index (χ0n) is 17.3. The molecule has 0 spiro atoms. The molecule has 27 heavy (non-hydrogen) atoms. The van der Waals surface area contributed by atoms with Gasteiger partial charge >= 0.3 is 6.03 Å². The zero-order valence-corrected chi connectivity index (χ0v) is 17.3. The van der Waals surface area contributed by atoms with Crippen molar-refractivity contribution in [1.29, 1.82) is 0 Å². The molecule has 1 aromatic rings. The summed E-state index contributed by atoms with van der Waals surface area (Å²) in [4.78, 5) is 26.3. The van der Waals surface area contributed by atoms with Crippen molar-refractivity contribution in [1.82, 2.24) is 10.2 Å². The maximum absolute atomic E-state index is 12.3. The number of likely N-dealkylation sites (N-methyl/N-ethyl adjacent to an activating group) is 1. The average molecular weight is 375 g/mol. The Bertz CT molecular complexity index is 642. The Morgan fingerprint density at radius 1 is 1.15 bits per heavy atom. The third kappa shape index (κ3) is 5.96. The fourth-order valence-electron chi connectivity index (χ4n) is 3.70. The van der Waals surface area contributed by atoms with Crippen LogP contribution in [0.5, 0.6) is 0 Å². The minimum atomic E-state index is -0.201. The number of hydrogen-bond acceptors (Lipinski definition) is 3. The zero-order chi connectivity index (χ0) is 20.0. The van der Waals surface area contributed by atoms with Gasteiger partial charge in [-0.3, -0.25) is 4.79 Å². The van der Waals surface area contributed by atoms with Crippen molar-refractivity contribution in [2.75, 3.05) is 31.3 Å². The smallest absolute Gasteiger partial charge is 0.319 e. The van der Waals surface area contributed by atoms with Crippen LogP contribution in [0.4, 0.5) is 16.2 Å². The molecule has 2 rings (SSSR count). The van der Waals surface area contributed by atoms with E-state index in [1.54, 1.807) is 24.3 Å². The van der Waals surface area contributed by atoms with Crippen molar-refractivity contribution in [3.8, 4) is 0 Å². The predicted octanol–water partition coefficient (Wildman–Crippen LogP) is 3.91. The Hall–Kier alpha value is -2.08. The van der Waals surface area contributed by atoms with Gasteiger partial charge in [0.05, 0.1) is 0 Å². The second-order valence-corrected chi connectivity index (χ2v) is 8.35. The lowest BCUT2D eigenvalue weighted by molar-refractivity contribution is -0.118. The summed E-state index contributed by atoms with van der Waals surface area (Å²) < 4.78 is 0. The van der Waals surface area contributed by atoms with Gasteiger partial charge in [-0.15, -0.1) is 0 Å². The van der Waals surface area contributed by atoms with Gasteiger partial charge in [-0.1, -0.05) is 33.6 Å². The highest BCUT2D eigenvalue weighted by Crippen LogP contribution is 2.35. The monoisotopic (exact) mass is 374 g/mol. The molecule has 1 saturated carbocycles. The van der Waals surface area contributed by atoms with Crippen LogP contribution in [0.25, 0.3) is 0 Å². The van der Waals surface area contributed by atoms with Gasteiger partial charge in [0.25, 0.3) is 0 Å². The van der Waals surface area contributed by atoms with E-state index in [-0.39, 0.29) is 23.4 Å². The minimum absolute atomic E-state index is 0.0239. The number of amides is 3. The maximum Gasteiger partial charge on any atom is 0.319 e. The van der Waals surface area contributed by atoms with Crippen molar-refractivity contribution in [3.05, 3.63) is 24.3 Å². The lowest BCUT2D eigenvalue weighted by atomic mass is 9.75. The van der Waals surface area contributed by atoms with Gasteiger partial charge in [-0.2, -0.15) is 0 Å². The molecule has 6 heteroatoms. The van der Waals surface area contributed by atoms with E-state index in [0.29, 0.717) is 18.2 Å².